The van der Waals surface area contributed by atoms with Gasteiger partial charge in [0, 0.05) is 0 Å². The van der Waals surface area contributed by atoms with E-state index in [-0.39, 0.29) is 0 Å². The van der Waals surface area contributed by atoms with Crippen molar-refractivity contribution in [2.45, 2.75) is 85.5 Å². The fourth-order valence-electron chi connectivity index (χ4n) is 4.01. The molecule has 34 heavy (non-hydrogen) atoms. The molecule has 3 saturated heterocycles. The van der Waals surface area contributed by atoms with E-state index in [4.69, 9.17) is 23.7 Å². The molecule has 14 atom stereocenters. The third-order valence-electron chi connectivity index (χ3n) is 6.16. The Morgan fingerprint density at radius 3 is 1.65 bits per heavy atom. The lowest BCUT2D eigenvalue weighted by Gasteiger charge is -2.44. The van der Waals surface area contributed by atoms with E-state index in [9.17, 15) is 56.2 Å². The molecule has 0 aromatic carbocycles. The van der Waals surface area contributed by atoms with Crippen LogP contribution in [0.3, 0.4) is 0 Å². The van der Waals surface area contributed by atoms with E-state index in [0.29, 0.717) is 0 Å². The van der Waals surface area contributed by atoms with Crippen molar-refractivity contribution in [3.05, 3.63) is 0 Å². The number of hydrogen-bond acceptors (Lipinski definition) is 16. The SMILES string of the molecule is OC[C@@H]1O[C@H](OC[C@@H]2O[C@H](O[C@@]3(CO)O[C@@H](CO)[C@H](O)[C@H]3O)[C@@H](O)[C@H](O)[C@H]2O)[C@@H](O)[C@H](O)[C@H]1O. The zero-order valence-corrected chi connectivity index (χ0v) is 17.8. The summed E-state index contributed by atoms with van der Waals surface area (Å²) in [5.41, 5.74) is 0. The molecule has 3 rings (SSSR count). The highest BCUT2D eigenvalue weighted by atomic mass is 16.8. The van der Waals surface area contributed by atoms with Crippen molar-refractivity contribution in [2.24, 2.45) is 0 Å². The average molecular weight is 504 g/mol. The van der Waals surface area contributed by atoms with Crippen molar-refractivity contribution in [2.75, 3.05) is 26.4 Å². The summed E-state index contributed by atoms with van der Waals surface area (Å²) < 4.78 is 26.4. The molecule has 200 valence electrons. The maximum absolute atomic E-state index is 10.3. The van der Waals surface area contributed by atoms with Crippen LogP contribution < -0.4 is 0 Å². The standard InChI is InChI=1S/C18H32O16/c19-1-5-8(22)11(25)13(27)16(31-5)30-3-7-9(23)12(26)14(28)17(32-7)34-18(4-21)15(29)10(24)6(2-20)33-18/h5-17,19-29H,1-4H2/t5-,6-,7-,8-,9-,10-,11+,12+,13-,14-,15+,16-,17+,18+/m0/s1. The molecule has 0 saturated carbocycles. The van der Waals surface area contributed by atoms with Gasteiger partial charge in [-0.2, -0.15) is 0 Å². The Balaban J connectivity index is 1.69. The summed E-state index contributed by atoms with van der Waals surface area (Å²) in [5, 5.41) is 109. The smallest absolute Gasteiger partial charge is 0.224 e. The molecule has 0 aromatic heterocycles. The topological polar surface area (TPSA) is 269 Å². The predicted octanol–water partition coefficient (Wildman–Crippen LogP) is -7.57. The van der Waals surface area contributed by atoms with Gasteiger partial charge in [0.15, 0.2) is 12.6 Å². The van der Waals surface area contributed by atoms with Crippen LogP contribution in [0.1, 0.15) is 0 Å². The highest BCUT2D eigenvalue weighted by Crippen LogP contribution is 2.36. The van der Waals surface area contributed by atoms with Gasteiger partial charge in [-0.3, -0.25) is 0 Å². The number of ether oxygens (including phenoxy) is 5. The van der Waals surface area contributed by atoms with Gasteiger partial charge in [-0.1, -0.05) is 0 Å². The largest absolute Gasteiger partial charge is 0.394 e. The molecule has 0 amide bonds. The second-order valence-electron chi connectivity index (χ2n) is 8.41. The Bertz CT molecular complexity index is 653. The van der Waals surface area contributed by atoms with Crippen LogP contribution in [0.2, 0.25) is 0 Å². The Morgan fingerprint density at radius 1 is 0.588 bits per heavy atom. The minimum absolute atomic E-state index is 0.634. The van der Waals surface area contributed by atoms with Crippen molar-refractivity contribution in [1.82, 2.24) is 0 Å². The zero-order valence-electron chi connectivity index (χ0n) is 17.8. The van der Waals surface area contributed by atoms with E-state index in [1.54, 1.807) is 0 Å². The van der Waals surface area contributed by atoms with Crippen LogP contribution in [0.4, 0.5) is 0 Å². The second-order valence-corrected chi connectivity index (χ2v) is 8.41. The summed E-state index contributed by atoms with van der Waals surface area (Å²) in [4.78, 5) is 0. The Kier molecular flexibility index (Phi) is 9.18. The first-order valence-electron chi connectivity index (χ1n) is 10.6. The van der Waals surface area contributed by atoms with Crippen molar-refractivity contribution >= 4 is 0 Å². The predicted molar refractivity (Wildman–Crippen MR) is 101 cm³/mol. The first-order valence-corrected chi connectivity index (χ1v) is 10.6. The minimum Gasteiger partial charge on any atom is -0.394 e. The molecule has 0 bridgehead atoms. The molecule has 3 aliphatic rings. The molecule has 3 heterocycles. The Morgan fingerprint density at radius 2 is 1.12 bits per heavy atom. The van der Waals surface area contributed by atoms with Crippen LogP contribution in [0.15, 0.2) is 0 Å². The summed E-state index contributed by atoms with van der Waals surface area (Å²) in [7, 11) is 0. The van der Waals surface area contributed by atoms with Crippen molar-refractivity contribution in [1.29, 1.82) is 0 Å². The van der Waals surface area contributed by atoms with Crippen LogP contribution in [0, 0.1) is 0 Å². The Labute approximate surface area is 192 Å². The van der Waals surface area contributed by atoms with Crippen LogP contribution in [0.25, 0.3) is 0 Å². The third-order valence-corrected chi connectivity index (χ3v) is 6.16. The average Bonchev–Trinajstić information content (AvgIpc) is 3.08. The maximum atomic E-state index is 10.3. The fraction of sp³-hybridized carbons (Fsp3) is 1.00. The molecule has 3 aliphatic heterocycles. The number of aliphatic hydroxyl groups excluding tert-OH is 11. The van der Waals surface area contributed by atoms with Crippen LogP contribution in [-0.4, -0.2) is 168 Å². The van der Waals surface area contributed by atoms with Gasteiger partial charge in [0.05, 0.1) is 19.8 Å². The molecule has 0 radical (unpaired) electrons. The molecular weight excluding hydrogens is 472 g/mol. The van der Waals surface area contributed by atoms with Crippen LogP contribution in [0.5, 0.6) is 0 Å². The lowest BCUT2D eigenvalue weighted by atomic mass is 9.98. The first-order chi connectivity index (χ1) is 16.0. The third kappa shape index (κ3) is 5.09. The van der Waals surface area contributed by atoms with Gasteiger partial charge in [0.1, 0.15) is 73.8 Å². The van der Waals surface area contributed by atoms with Gasteiger partial charge >= 0.3 is 0 Å². The highest BCUT2D eigenvalue weighted by molar-refractivity contribution is 4.98. The molecule has 0 spiro atoms. The summed E-state index contributed by atoms with van der Waals surface area (Å²) in [6, 6.07) is 0. The van der Waals surface area contributed by atoms with E-state index in [2.05, 4.69) is 0 Å². The van der Waals surface area contributed by atoms with Gasteiger partial charge in [-0.25, -0.2) is 0 Å². The molecule has 0 unspecified atom stereocenters. The minimum atomic E-state index is -2.36. The quantitative estimate of drug-likeness (QED) is 0.146. The molecule has 16 nitrogen and oxygen atoms in total. The Hall–Kier alpha value is -0.640. The van der Waals surface area contributed by atoms with E-state index in [1.165, 1.54) is 0 Å². The molecule has 0 aromatic rings. The van der Waals surface area contributed by atoms with Crippen LogP contribution >= 0.6 is 0 Å². The number of rotatable bonds is 8. The van der Waals surface area contributed by atoms with Crippen molar-refractivity contribution in [3.8, 4) is 0 Å². The van der Waals surface area contributed by atoms with E-state index in [0.717, 1.165) is 0 Å². The number of aliphatic hydroxyl groups is 11. The maximum Gasteiger partial charge on any atom is 0.224 e. The van der Waals surface area contributed by atoms with Gasteiger partial charge in [-0.15, -0.1) is 0 Å². The molecule has 0 aliphatic carbocycles. The van der Waals surface area contributed by atoms with E-state index < -0.39 is 112 Å². The van der Waals surface area contributed by atoms with Gasteiger partial charge < -0.3 is 79.9 Å². The first kappa shape index (κ1) is 27.9. The fourth-order valence-corrected chi connectivity index (χ4v) is 4.01. The second kappa shape index (κ2) is 11.2. The monoisotopic (exact) mass is 504 g/mol. The van der Waals surface area contributed by atoms with Gasteiger partial charge in [0.2, 0.25) is 5.79 Å². The van der Waals surface area contributed by atoms with E-state index >= 15 is 0 Å². The molecular formula is C18H32O16. The van der Waals surface area contributed by atoms with Crippen molar-refractivity contribution < 1.29 is 79.9 Å². The highest BCUT2D eigenvalue weighted by Gasteiger charge is 2.58. The lowest BCUT2D eigenvalue weighted by Crippen LogP contribution is -2.63. The molecule has 16 heteroatoms. The molecule has 11 N–H and O–H groups in total. The molecule has 3 fully saturated rings. The summed E-state index contributed by atoms with van der Waals surface area (Å²) in [6.45, 7) is -3.14. The van der Waals surface area contributed by atoms with E-state index in [1.807, 2.05) is 0 Å². The number of hydrogen-bond donors (Lipinski definition) is 11. The van der Waals surface area contributed by atoms with Gasteiger partial charge in [-0.05, 0) is 0 Å². The van der Waals surface area contributed by atoms with Gasteiger partial charge in [0.25, 0.3) is 0 Å². The summed E-state index contributed by atoms with van der Waals surface area (Å²) >= 11 is 0. The van der Waals surface area contributed by atoms with Crippen LogP contribution in [-0.2, 0) is 23.7 Å². The summed E-state index contributed by atoms with van der Waals surface area (Å²) in [6.07, 6.45) is -21.8. The summed E-state index contributed by atoms with van der Waals surface area (Å²) in [5.74, 6) is -2.36. The normalized spacial score (nSPS) is 52.1. The lowest BCUT2D eigenvalue weighted by molar-refractivity contribution is -0.388. The van der Waals surface area contributed by atoms with Crippen molar-refractivity contribution in [3.63, 3.8) is 0 Å². The zero-order chi connectivity index (χ0) is 25.4.